The van der Waals surface area contributed by atoms with Gasteiger partial charge in [-0.25, -0.2) is 9.78 Å². The number of H-pyrrole nitrogens is 1. The van der Waals surface area contributed by atoms with Gasteiger partial charge in [-0.05, 0) is 34.4 Å². The van der Waals surface area contributed by atoms with Crippen LogP contribution in [0.2, 0.25) is 0 Å². The topological polar surface area (TPSA) is 67.0 Å². The summed E-state index contributed by atoms with van der Waals surface area (Å²) >= 11 is 0. The minimum Gasteiger partial charge on any atom is -0.449 e. The van der Waals surface area contributed by atoms with Crippen molar-refractivity contribution in [2.24, 2.45) is 0 Å². The minimum atomic E-state index is -0.400. The highest BCUT2D eigenvalue weighted by Crippen LogP contribution is 2.44. The molecule has 5 nitrogen and oxygen atoms in total. The first-order valence-electron chi connectivity index (χ1n) is 9.82. The Labute approximate surface area is 168 Å². The average molecular weight is 383 g/mol. The van der Waals surface area contributed by atoms with Crippen molar-refractivity contribution < 1.29 is 9.53 Å². The van der Waals surface area contributed by atoms with Gasteiger partial charge in [-0.3, -0.25) is 0 Å². The Morgan fingerprint density at radius 3 is 2.31 bits per heavy atom. The summed E-state index contributed by atoms with van der Waals surface area (Å²) in [6.07, 6.45) is 0.224. The molecule has 0 unspecified atom stereocenters. The normalized spacial score (nSPS) is 12.6. The number of carbonyl (C=O) groups is 1. The summed E-state index contributed by atoms with van der Waals surface area (Å²) in [5.41, 5.74) is 6.81. The summed E-state index contributed by atoms with van der Waals surface area (Å²) in [7, 11) is 0. The zero-order valence-corrected chi connectivity index (χ0v) is 15.9. The third-order valence-electron chi connectivity index (χ3n) is 5.41. The van der Waals surface area contributed by atoms with Gasteiger partial charge in [0, 0.05) is 18.9 Å². The molecule has 5 rings (SSSR count). The van der Waals surface area contributed by atoms with Crippen LogP contribution in [0.25, 0.3) is 22.2 Å². The molecule has 0 spiro atoms. The van der Waals surface area contributed by atoms with Crippen LogP contribution in [0.5, 0.6) is 0 Å². The molecule has 0 fully saturated rings. The van der Waals surface area contributed by atoms with Gasteiger partial charge in [-0.1, -0.05) is 60.7 Å². The molecular formula is C24H21N3O2. The zero-order valence-electron chi connectivity index (χ0n) is 15.9. The molecule has 29 heavy (non-hydrogen) atoms. The number of hydrogen-bond donors (Lipinski definition) is 2. The van der Waals surface area contributed by atoms with Crippen molar-refractivity contribution in [2.75, 3.05) is 13.2 Å². The Balaban J connectivity index is 1.19. The summed E-state index contributed by atoms with van der Waals surface area (Å²) in [5.74, 6) is 0.925. The van der Waals surface area contributed by atoms with Crippen molar-refractivity contribution in [3.63, 3.8) is 0 Å². The van der Waals surface area contributed by atoms with Crippen molar-refractivity contribution in [2.45, 2.75) is 12.3 Å². The number of aromatic amines is 1. The highest BCUT2D eigenvalue weighted by Gasteiger charge is 2.28. The first-order valence-corrected chi connectivity index (χ1v) is 9.82. The third kappa shape index (κ3) is 3.36. The smallest absolute Gasteiger partial charge is 0.407 e. The standard InChI is InChI=1S/C24H21N3O2/c28-24(25-14-13-23-26-21-11-5-6-12-22(21)27-23)29-15-20-18-9-3-1-7-16(18)17-8-2-4-10-19(17)20/h1-12,20H,13-15H2,(H,25,28)(H,26,27). The lowest BCUT2D eigenvalue weighted by Gasteiger charge is -2.14. The van der Waals surface area contributed by atoms with E-state index in [0.717, 1.165) is 16.9 Å². The van der Waals surface area contributed by atoms with Gasteiger partial charge in [0.15, 0.2) is 0 Å². The van der Waals surface area contributed by atoms with E-state index >= 15 is 0 Å². The van der Waals surface area contributed by atoms with Crippen LogP contribution in [0, 0.1) is 0 Å². The predicted molar refractivity (Wildman–Crippen MR) is 113 cm³/mol. The molecule has 2 N–H and O–H groups in total. The number of para-hydroxylation sites is 2. The van der Waals surface area contributed by atoms with Gasteiger partial charge in [0.1, 0.15) is 12.4 Å². The van der Waals surface area contributed by atoms with E-state index in [4.69, 9.17) is 4.74 Å². The molecule has 4 aromatic rings. The number of nitrogens with zero attached hydrogens (tertiary/aromatic N) is 1. The lowest BCUT2D eigenvalue weighted by molar-refractivity contribution is 0.143. The number of amides is 1. The van der Waals surface area contributed by atoms with Gasteiger partial charge in [0.05, 0.1) is 11.0 Å². The van der Waals surface area contributed by atoms with Crippen LogP contribution >= 0.6 is 0 Å². The molecule has 0 saturated heterocycles. The SMILES string of the molecule is O=C(NCCc1nc2ccccc2[nH]1)OCC1c2ccccc2-c2ccccc21. The van der Waals surface area contributed by atoms with Crippen LogP contribution in [-0.2, 0) is 11.2 Å². The van der Waals surface area contributed by atoms with E-state index in [0.29, 0.717) is 19.6 Å². The highest BCUT2D eigenvalue weighted by atomic mass is 16.5. The highest BCUT2D eigenvalue weighted by molar-refractivity contribution is 5.79. The fourth-order valence-corrected chi connectivity index (χ4v) is 4.06. The quantitative estimate of drug-likeness (QED) is 0.527. The Kier molecular flexibility index (Phi) is 4.48. The summed E-state index contributed by atoms with van der Waals surface area (Å²) in [4.78, 5) is 20.0. The first-order chi connectivity index (χ1) is 14.3. The molecule has 1 aliphatic carbocycles. The Morgan fingerprint density at radius 2 is 1.59 bits per heavy atom. The van der Waals surface area contributed by atoms with E-state index in [9.17, 15) is 4.79 Å². The maximum atomic E-state index is 12.2. The number of carbonyl (C=O) groups excluding carboxylic acids is 1. The van der Waals surface area contributed by atoms with Crippen LogP contribution in [-0.4, -0.2) is 29.2 Å². The van der Waals surface area contributed by atoms with Crippen LogP contribution in [0.3, 0.4) is 0 Å². The molecule has 1 aliphatic rings. The first kappa shape index (κ1) is 17.5. The molecule has 144 valence electrons. The van der Waals surface area contributed by atoms with E-state index in [1.54, 1.807) is 0 Å². The number of benzene rings is 3. The third-order valence-corrected chi connectivity index (χ3v) is 5.41. The van der Waals surface area contributed by atoms with Crippen molar-refractivity contribution in [1.29, 1.82) is 0 Å². The molecule has 3 aromatic carbocycles. The van der Waals surface area contributed by atoms with Gasteiger partial charge in [-0.15, -0.1) is 0 Å². The zero-order chi connectivity index (χ0) is 19.6. The molecule has 1 aromatic heterocycles. The van der Waals surface area contributed by atoms with Gasteiger partial charge in [0.2, 0.25) is 0 Å². The van der Waals surface area contributed by atoms with E-state index in [2.05, 4.69) is 39.6 Å². The Hall–Kier alpha value is -3.60. The summed E-state index contributed by atoms with van der Waals surface area (Å²) in [6.45, 7) is 0.793. The number of alkyl carbamates (subject to hydrolysis) is 1. The average Bonchev–Trinajstić information content (AvgIpc) is 3.31. The number of fused-ring (bicyclic) bond motifs is 4. The second kappa shape index (κ2) is 7.43. The summed E-state index contributed by atoms with van der Waals surface area (Å²) in [6, 6.07) is 24.5. The van der Waals surface area contributed by atoms with Crippen molar-refractivity contribution >= 4 is 17.1 Å². The second-order valence-corrected chi connectivity index (χ2v) is 7.20. The van der Waals surface area contributed by atoms with Gasteiger partial charge < -0.3 is 15.0 Å². The van der Waals surface area contributed by atoms with Crippen molar-refractivity contribution in [1.82, 2.24) is 15.3 Å². The Bertz CT molecular complexity index is 1100. The summed E-state index contributed by atoms with van der Waals surface area (Å²) in [5, 5.41) is 2.83. The van der Waals surface area contributed by atoms with Gasteiger partial charge in [0.25, 0.3) is 0 Å². The van der Waals surface area contributed by atoms with E-state index in [-0.39, 0.29) is 5.92 Å². The molecular weight excluding hydrogens is 362 g/mol. The maximum absolute atomic E-state index is 12.2. The molecule has 5 heteroatoms. The van der Waals surface area contributed by atoms with E-state index in [1.165, 1.54) is 22.3 Å². The van der Waals surface area contributed by atoms with Crippen LogP contribution in [0.4, 0.5) is 4.79 Å². The van der Waals surface area contributed by atoms with E-state index in [1.807, 2.05) is 48.5 Å². The fourth-order valence-electron chi connectivity index (χ4n) is 4.06. The number of aromatic nitrogens is 2. The Morgan fingerprint density at radius 1 is 0.931 bits per heavy atom. The molecule has 0 saturated carbocycles. The number of nitrogens with one attached hydrogen (secondary N) is 2. The molecule has 1 heterocycles. The minimum absolute atomic E-state index is 0.0727. The monoisotopic (exact) mass is 383 g/mol. The second-order valence-electron chi connectivity index (χ2n) is 7.20. The molecule has 0 atom stereocenters. The number of hydrogen-bond acceptors (Lipinski definition) is 3. The van der Waals surface area contributed by atoms with Crippen LogP contribution < -0.4 is 5.32 Å². The largest absolute Gasteiger partial charge is 0.449 e. The van der Waals surface area contributed by atoms with Gasteiger partial charge in [-0.2, -0.15) is 0 Å². The number of rotatable bonds is 5. The van der Waals surface area contributed by atoms with Crippen molar-refractivity contribution in [3.05, 3.63) is 89.7 Å². The number of imidazole rings is 1. The fraction of sp³-hybridized carbons (Fsp3) is 0.167. The predicted octanol–water partition coefficient (Wildman–Crippen LogP) is 4.64. The maximum Gasteiger partial charge on any atom is 0.407 e. The number of ether oxygens (including phenoxy) is 1. The summed E-state index contributed by atoms with van der Waals surface area (Å²) < 4.78 is 5.56. The van der Waals surface area contributed by atoms with Crippen LogP contribution in [0.1, 0.15) is 22.9 Å². The lowest BCUT2D eigenvalue weighted by atomic mass is 9.98. The molecule has 0 radical (unpaired) electrons. The molecule has 0 bridgehead atoms. The molecule has 0 aliphatic heterocycles. The van der Waals surface area contributed by atoms with Crippen molar-refractivity contribution in [3.8, 4) is 11.1 Å². The van der Waals surface area contributed by atoms with Gasteiger partial charge >= 0.3 is 6.09 Å². The van der Waals surface area contributed by atoms with E-state index < -0.39 is 6.09 Å². The van der Waals surface area contributed by atoms with Crippen LogP contribution in [0.15, 0.2) is 72.8 Å². The lowest BCUT2D eigenvalue weighted by Crippen LogP contribution is -2.28. The molecule has 1 amide bonds.